The quantitative estimate of drug-likeness (QED) is 0.409. The summed E-state index contributed by atoms with van der Waals surface area (Å²) in [4.78, 5) is 12.8. The Morgan fingerprint density at radius 3 is 2.72 bits per heavy atom. The van der Waals surface area contributed by atoms with Crippen molar-refractivity contribution in [3.8, 4) is 17.2 Å². The summed E-state index contributed by atoms with van der Waals surface area (Å²) in [7, 11) is 0. The summed E-state index contributed by atoms with van der Waals surface area (Å²) >= 11 is 0. The van der Waals surface area contributed by atoms with E-state index in [0.717, 1.165) is 11.3 Å². The molecular formula is C26H19FN2O3. The Morgan fingerprint density at radius 1 is 1.06 bits per heavy atom. The number of carbonyl (C=O) groups is 1. The zero-order valence-electron chi connectivity index (χ0n) is 17.1. The molecule has 3 aromatic carbocycles. The number of para-hydroxylation sites is 1. The van der Waals surface area contributed by atoms with Gasteiger partial charge in [0.05, 0.1) is 17.4 Å². The molecule has 2 heterocycles. The summed E-state index contributed by atoms with van der Waals surface area (Å²) in [6, 6.07) is 21.3. The lowest BCUT2D eigenvalue weighted by molar-refractivity contribution is 0.100. The number of carbonyl (C=O) groups excluding carboxylic acids is 1. The number of ketones is 1. The summed E-state index contributed by atoms with van der Waals surface area (Å²) in [5, 5.41) is 4.36. The molecule has 0 saturated carbocycles. The van der Waals surface area contributed by atoms with E-state index in [2.05, 4.69) is 5.10 Å². The van der Waals surface area contributed by atoms with Crippen LogP contribution >= 0.6 is 0 Å². The number of hydrogen-bond donors (Lipinski definition) is 0. The van der Waals surface area contributed by atoms with Gasteiger partial charge in [0.25, 0.3) is 0 Å². The van der Waals surface area contributed by atoms with Gasteiger partial charge in [0.2, 0.25) is 0 Å². The molecule has 0 unspecified atom stereocenters. The van der Waals surface area contributed by atoms with Crippen molar-refractivity contribution in [1.29, 1.82) is 0 Å². The molecule has 158 valence electrons. The molecule has 0 radical (unpaired) electrons. The zero-order valence-corrected chi connectivity index (χ0v) is 17.1. The van der Waals surface area contributed by atoms with Gasteiger partial charge in [-0.15, -0.1) is 0 Å². The van der Waals surface area contributed by atoms with Crippen LogP contribution in [0.1, 0.15) is 21.5 Å². The van der Waals surface area contributed by atoms with Crippen molar-refractivity contribution in [3.05, 3.63) is 113 Å². The lowest BCUT2D eigenvalue weighted by atomic mass is 9.98. The maximum absolute atomic E-state index is 13.9. The highest BCUT2D eigenvalue weighted by atomic mass is 19.1. The van der Waals surface area contributed by atoms with Crippen molar-refractivity contribution in [3.63, 3.8) is 0 Å². The highest BCUT2D eigenvalue weighted by molar-refractivity contribution is 6.14. The Hall–Kier alpha value is -4.19. The van der Waals surface area contributed by atoms with E-state index in [4.69, 9.17) is 9.47 Å². The molecule has 0 spiro atoms. The van der Waals surface area contributed by atoms with Gasteiger partial charge >= 0.3 is 0 Å². The third kappa shape index (κ3) is 4.03. The number of aromatic nitrogens is 2. The normalized spacial score (nSPS) is 14.2. The van der Waals surface area contributed by atoms with Crippen molar-refractivity contribution in [2.45, 2.75) is 6.61 Å². The average Bonchev–Trinajstić information content (AvgIpc) is 3.31. The molecule has 1 aromatic heterocycles. The molecule has 0 N–H and O–H groups in total. The van der Waals surface area contributed by atoms with Crippen LogP contribution in [0.3, 0.4) is 0 Å². The Balaban J connectivity index is 1.29. The number of ether oxygens (including phenoxy) is 2. The van der Waals surface area contributed by atoms with Gasteiger partial charge in [0.15, 0.2) is 5.78 Å². The largest absolute Gasteiger partial charge is 0.489 e. The Labute approximate surface area is 184 Å². The van der Waals surface area contributed by atoms with E-state index in [9.17, 15) is 9.18 Å². The predicted octanol–water partition coefficient (Wildman–Crippen LogP) is 5.25. The second kappa shape index (κ2) is 8.51. The van der Waals surface area contributed by atoms with E-state index in [0.29, 0.717) is 34.8 Å². The standard InChI is InChI=1S/C26H19FN2O3/c27-24-9-5-4-6-19(24)12-20-17-32-25-13-22(10-11-23(25)26(20)30)31-16-18-14-28-29(15-18)21-7-2-1-3-8-21/h1-15H,16-17H2/b20-12-. The van der Waals surface area contributed by atoms with Crippen molar-refractivity contribution >= 4 is 11.9 Å². The smallest absolute Gasteiger partial charge is 0.196 e. The molecular weight excluding hydrogens is 407 g/mol. The SMILES string of the molecule is O=C1/C(=C\c2ccccc2F)COc2cc(OCc3cnn(-c4ccccc4)c3)ccc21. The minimum atomic E-state index is -0.377. The highest BCUT2D eigenvalue weighted by Gasteiger charge is 2.24. The number of rotatable bonds is 5. The van der Waals surface area contributed by atoms with Crippen LogP contribution in [0.25, 0.3) is 11.8 Å². The Kier molecular flexibility index (Phi) is 5.25. The predicted molar refractivity (Wildman–Crippen MR) is 119 cm³/mol. The molecule has 0 bridgehead atoms. The maximum atomic E-state index is 13.9. The molecule has 0 aliphatic carbocycles. The zero-order chi connectivity index (χ0) is 21.9. The fraction of sp³-hybridized carbons (Fsp3) is 0.0769. The molecule has 0 amide bonds. The van der Waals surface area contributed by atoms with Crippen LogP contribution in [0.2, 0.25) is 0 Å². The summed E-state index contributed by atoms with van der Waals surface area (Å²) in [5.41, 5.74) is 3.09. The Morgan fingerprint density at radius 2 is 1.88 bits per heavy atom. The molecule has 1 aliphatic heterocycles. The van der Waals surface area contributed by atoms with Gasteiger partial charge in [-0.3, -0.25) is 4.79 Å². The van der Waals surface area contributed by atoms with Gasteiger partial charge in [-0.05, 0) is 36.4 Å². The third-order valence-electron chi connectivity index (χ3n) is 5.17. The fourth-order valence-electron chi connectivity index (χ4n) is 3.50. The van der Waals surface area contributed by atoms with Crippen LogP contribution in [-0.4, -0.2) is 22.2 Å². The first-order valence-corrected chi connectivity index (χ1v) is 10.2. The van der Waals surface area contributed by atoms with Gasteiger partial charge in [0.1, 0.15) is 30.5 Å². The molecule has 32 heavy (non-hydrogen) atoms. The maximum Gasteiger partial charge on any atom is 0.196 e. The molecule has 6 heteroatoms. The lowest BCUT2D eigenvalue weighted by Crippen LogP contribution is -2.19. The number of halogens is 1. The van der Waals surface area contributed by atoms with E-state index in [1.54, 1.807) is 47.3 Å². The minimum Gasteiger partial charge on any atom is -0.489 e. The summed E-state index contributed by atoms with van der Waals surface area (Å²) in [6.45, 7) is 0.408. The number of Topliss-reactive ketones (excluding diaryl/α,β-unsaturated/α-hetero) is 1. The number of benzene rings is 3. The van der Waals surface area contributed by atoms with Crippen molar-refractivity contribution < 1.29 is 18.7 Å². The number of fused-ring (bicyclic) bond motifs is 1. The van der Waals surface area contributed by atoms with E-state index >= 15 is 0 Å². The van der Waals surface area contributed by atoms with Crippen molar-refractivity contribution in [2.75, 3.05) is 6.61 Å². The van der Waals surface area contributed by atoms with Gasteiger partial charge in [-0.1, -0.05) is 36.4 Å². The monoisotopic (exact) mass is 426 g/mol. The first-order chi connectivity index (χ1) is 15.7. The van der Waals surface area contributed by atoms with E-state index < -0.39 is 0 Å². The summed E-state index contributed by atoms with van der Waals surface area (Å²) in [6.07, 6.45) is 5.20. The van der Waals surface area contributed by atoms with E-state index in [-0.39, 0.29) is 18.2 Å². The van der Waals surface area contributed by atoms with Crippen LogP contribution in [0.4, 0.5) is 4.39 Å². The van der Waals surface area contributed by atoms with Crippen LogP contribution in [0.15, 0.2) is 90.8 Å². The second-order valence-corrected chi connectivity index (χ2v) is 7.38. The van der Waals surface area contributed by atoms with Gasteiger partial charge in [-0.25, -0.2) is 9.07 Å². The summed E-state index contributed by atoms with van der Waals surface area (Å²) in [5.74, 6) is 0.492. The number of nitrogens with zero attached hydrogens (tertiary/aromatic N) is 2. The van der Waals surface area contributed by atoms with Crippen LogP contribution < -0.4 is 9.47 Å². The first kappa shape index (κ1) is 19.8. The van der Waals surface area contributed by atoms with Gasteiger partial charge < -0.3 is 9.47 Å². The van der Waals surface area contributed by atoms with Crippen LogP contribution in [-0.2, 0) is 6.61 Å². The average molecular weight is 426 g/mol. The lowest BCUT2D eigenvalue weighted by Gasteiger charge is -2.19. The molecule has 0 saturated heterocycles. The Bertz CT molecular complexity index is 1310. The third-order valence-corrected chi connectivity index (χ3v) is 5.17. The van der Waals surface area contributed by atoms with Crippen LogP contribution in [0, 0.1) is 5.82 Å². The van der Waals surface area contributed by atoms with Gasteiger partial charge in [-0.2, -0.15) is 5.10 Å². The second-order valence-electron chi connectivity index (χ2n) is 7.38. The molecule has 5 nitrogen and oxygen atoms in total. The van der Waals surface area contributed by atoms with E-state index in [1.165, 1.54) is 12.1 Å². The van der Waals surface area contributed by atoms with Crippen LogP contribution in [0.5, 0.6) is 11.5 Å². The molecule has 4 aromatic rings. The number of hydrogen-bond acceptors (Lipinski definition) is 4. The molecule has 0 fully saturated rings. The molecule has 0 atom stereocenters. The highest BCUT2D eigenvalue weighted by Crippen LogP contribution is 2.32. The van der Waals surface area contributed by atoms with Crippen molar-refractivity contribution in [1.82, 2.24) is 9.78 Å². The van der Waals surface area contributed by atoms with E-state index in [1.807, 2.05) is 36.5 Å². The molecule has 1 aliphatic rings. The topological polar surface area (TPSA) is 53.4 Å². The first-order valence-electron chi connectivity index (χ1n) is 10.2. The molecule has 5 rings (SSSR count). The minimum absolute atomic E-state index is 0.0769. The fourth-order valence-corrected chi connectivity index (χ4v) is 3.50. The van der Waals surface area contributed by atoms with Crippen molar-refractivity contribution in [2.24, 2.45) is 0 Å². The van der Waals surface area contributed by atoms with Gasteiger partial charge in [0, 0.05) is 29.0 Å². The summed E-state index contributed by atoms with van der Waals surface area (Å²) < 4.78 is 27.3.